The molecule has 2 atom stereocenters. The number of carboxylic acid groups (broad SMARTS) is 1. The SMILES string of the molecule is CCC(Oc1ccccc1F)C(=O)NC(CC(F)(F)F)C(=O)O. The average molecular weight is 337 g/mol. The Kier molecular flexibility index (Phi) is 6.35. The number of carboxylic acids is 1. The summed E-state index contributed by atoms with van der Waals surface area (Å²) in [5.74, 6) is -3.88. The zero-order chi connectivity index (χ0) is 17.6. The lowest BCUT2D eigenvalue weighted by Crippen LogP contribution is -2.48. The minimum absolute atomic E-state index is 0.0124. The molecule has 0 spiro atoms. The van der Waals surface area contributed by atoms with Crippen LogP contribution in [0, 0.1) is 5.82 Å². The van der Waals surface area contributed by atoms with Crippen molar-refractivity contribution in [3.05, 3.63) is 30.1 Å². The van der Waals surface area contributed by atoms with Crippen molar-refractivity contribution in [1.82, 2.24) is 5.32 Å². The van der Waals surface area contributed by atoms with Gasteiger partial charge in [-0.05, 0) is 18.6 Å². The van der Waals surface area contributed by atoms with Crippen molar-refractivity contribution in [3.8, 4) is 5.75 Å². The number of carbonyl (C=O) groups excluding carboxylic acids is 1. The van der Waals surface area contributed by atoms with Crippen LogP contribution in [0.4, 0.5) is 17.6 Å². The van der Waals surface area contributed by atoms with E-state index >= 15 is 0 Å². The van der Waals surface area contributed by atoms with E-state index in [1.807, 2.05) is 0 Å². The van der Waals surface area contributed by atoms with Crippen LogP contribution in [0.2, 0.25) is 0 Å². The summed E-state index contributed by atoms with van der Waals surface area (Å²) < 4.78 is 55.5. The maximum atomic E-state index is 13.5. The highest BCUT2D eigenvalue weighted by Crippen LogP contribution is 2.22. The monoisotopic (exact) mass is 337 g/mol. The van der Waals surface area contributed by atoms with Gasteiger partial charge in [-0.15, -0.1) is 0 Å². The standard InChI is InChI=1S/C14H15F4NO4/c1-2-10(23-11-6-4-3-5-8(11)15)12(20)19-9(13(21)22)7-14(16,17)18/h3-6,9-10H,2,7H2,1H3,(H,19,20)(H,21,22). The van der Waals surface area contributed by atoms with Crippen LogP contribution in [0.1, 0.15) is 19.8 Å². The van der Waals surface area contributed by atoms with Crippen molar-refractivity contribution < 1.29 is 37.0 Å². The predicted molar refractivity (Wildman–Crippen MR) is 71.3 cm³/mol. The quantitative estimate of drug-likeness (QED) is 0.750. The Morgan fingerprint density at radius 1 is 1.30 bits per heavy atom. The molecule has 0 heterocycles. The first kappa shape index (κ1) is 18.7. The summed E-state index contributed by atoms with van der Waals surface area (Å²) in [5.41, 5.74) is 0. The molecule has 1 aromatic carbocycles. The zero-order valence-corrected chi connectivity index (χ0v) is 12.1. The molecule has 23 heavy (non-hydrogen) atoms. The second-order valence-electron chi connectivity index (χ2n) is 4.66. The molecular formula is C14H15F4NO4. The van der Waals surface area contributed by atoms with Gasteiger partial charge in [-0.2, -0.15) is 13.2 Å². The molecule has 1 rings (SSSR count). The van der Waals surface area contributed by atoms with E-state index in [0.29, 0.717) is 0 Å². The van der Waals surface area contributed by atoms with E-state index in [9.17, 15) is 27.2 Å². The second kappa shape index (κ2) is 7.80. The van der Waals surface area contributed by atoms with Crippen molar-refractivity contribution in [2.24, 2.45) is 0 Å². The number of carbonyl (C=O) groups is 2. The number of amides is 1. The third-order valence-corrected chi connectivity index (χ3v) is 2.82. The van der Waals surface area contributed by atoms with Gasteiger partial charge in [0.1, 0.15) is 6.04 Å². The highest BCUT2D eigenvalue weighted by molar-refractivity contribution is 5.86. The number of alkyl halides is 3. The minimum atomic E-state index is -4.76. The van der Waals surface area contributed by atoms with Gasteiger partial charge in [0.15, 0.2) is 17.7 Å². The molecule has 0 bridgehead atoms. The molecule has 1 aromatic rings. The van der Waals surface area contributed by atoms with Crippen LogP contribution in [0.5, 0.6) is 5.75 Å². The van der Waals surface area contributed by atoms with Gasteiger partial charge in [0.25, 0.3) is 5.91 Å². The fraction of sp³-hybridized carbons (Fsp3) is 0.429. The lowest BCUT2D eigenvalue weighted by molar-refractivity contribution is -0.160. The molecule has 0 aliphatic rings. The Labute approximate surface area is 129 Å². The van der Waals surface area contributed by atoms with Crippen LogP contribution in [0.25, 0.3) is 0 Å². The largest absolute Gasteiger partial charge is 0.480 e. The van der Waals surface area contributed by atoms with Gasteiger partial charge in [0.05, 0.1) is 6.42 Å². The summed E-state index contributed by atoms with van der Waals surface area (Å²) in [4.78, 5) is 22.7. The van der Waals surface area contributed by atoms with Gasteiger partial charge in [-0.25, -0.2) is 9.18 Å². The van der Waals surface area contributed by atoms with Gasteiger partial charge < -0.3 is 15.2 Å². The summed E-state index contributed by atoms with van der Waals surface area (Å²) in [7, 11) is 0. The molecule has 9 heteroatoms. The number of hydrogen-bond acceptors (Lipinski definition) is 3. The van der Waals surface area contributed by atoms with Crippen molar-refractivity contribution in [2.45, 2.75) is 38.1 Å². The molecule has 5 nitrogen and oxygen atoms in total. The van der Waals surface area contributed by atoms with E-state index < -0.39 is 42.4 Å². The topological polar surface area (TPSA) is 75.6 Å². The number of ether oxygens (including phenoxy) is 1. The van der Waals surface area contributed by atoms with Crippen molar-refractivity contribution in [2.75, 3.05) is 0 Å². The summed E-state index contributed by atoms with van der Waals surface area (Å²) in [5, 5.41) is 10.5. The van der Waals surface area contributed by atoms with E-state index in [4.69, 9.17) is 9.84 Å². The molecule has 128 valence electrons. The normalized spacial score (nSPS) is 14.0. The predicted octanol–water partition coefficient (Wildman–Crippen LogP) is 2.50. The molecule has 0 fully saturated rings. The number of rotatable bonds is 7. The summed E-state index contributed by atoms with van der Waals surface area (Å²) in [6, 6.07) is 3.04. The molecule has 1 amide bonds. The third kappa shape index (κ3) is 6.13. The first-order chi connectivity index (χ1) is 10.6. The minimum Gasteiger partial charge on any atom is -0.480 e. The lowest BCUT2D eigenvalue weighted by Gasteiger charge is -2.21. The summed E-state index contributed by atoms with van der Waals surface area (Å²) >= 11 is 0. The maximum Gasteiger partial charge on any atom is 0.391 e. The molecule has 2 unspecified atom stereocenters. The highest BCUT2D eigenvalue weighted by Gasteiger charge is 2.37. The van der Waals surface area contributed by atoms with E-state index in [1.165, 1.54) is 25.1 Å². The van der Waals surface area contributed by atoms with E-state index in [1.54, 1.807) is 5.32 Å². The smallest absolute Gasteiger partial charge is 0.391 e. The molecular weight excluding hydrogens is 322 g/mol. The summed E-state index contributed by atoms with van der Waals surface area (Å²) in [6.07, 6.45) is -7.78. The lowest BCUT2D eigenvalue weighted by atomic mass is 10.1. The second-order valence-corrected chi connectivity index (χ2v) is 4.66. The number of benzene rings is 1. The van der Waals surface area contributed by atoms with Gasteiger partial charge in [0, 0.05) is 0 Å². The molecule has 0 aliphatic carbocycles. The number of aliphatic carboxylic acids is 1. The van der Waals surface area contributed by atoms with Crippen LogP contribution >= 0.6 is 0 Å². The van der Waals surface area contributed by atoms with Gasteiger partial charge in [-0.1, -0.05) is 19.1 Å². The van der Waals surface area contributed by atoms with E-state index in [2.05, 4.69) is 0 Å². The van der Waals surface area contributed by atoms with Crippen molar-refractivity contribution in [1.29, 1.82) is 0 Å². The Morgan fingerprint density at radius 2 is 1.91 bits per heavy atom. The molecule has 0 radical (unpaired) electrons. The number of hydrogen-bond donors (Lipinski definition) is 2. The van der Waals surface area contributed by atoms with Crippen LogP contribution < -0.4 is 10.1 Å². The first-order valence-corrected chi connectivity index (χ1v) is 6.65. The van der Waals surface area contributed by atoms with Crippen LogP contribution in [0.15, 0.2) is 24.3 Å². The van der Waals surface area contributed by atoms with E-state index in [0.717, 1.165) is 6.07 Å². The zero-order valence-electron chi connectivity index (χ0n) is 12.1. The molecule has 0 saturated carbocycles. The fourth-order valence-electron chi connectivity index (χ4n) is 1.71. The number of halogens is 4. The molecule has 0 aromatic heterocycles. The van der Waals surface area contributed by atoms with E-state index in [-0.39, 0.29) is 12.2 Å². The van der Waals surface area contributed by atoms with Gasteiger partial charge >= 0.3 is 12.1 Å². The van der Waals surface area contributed by atoms with Crippen molar-refractivity contribution in [3.63, 3.8) is 0 Å². The van der Waals surface area contributed by atoms with Crippen LogP contribution in [-0.2, 0) is 9.59 Å². The number of para-hydroxylation sites is 1. The van der Waals surface area contributed by atoms with Gasteiger partial charge in [0.2, 0.25) is 0 Å². The Balaban J connectivity index is 2.79. The maximum absolute atomic E-state index is 13.5. The van der Waals surface area contributed by atoms with Crippen LogP contribution in [0.3, 0.4) is 0 Å². The Morgan fingerprint density at radius 3 is 2.39 bits per heavy atom. The van der Waals surface area contributed by atoms with Crippen molar-refractivity contribution >= 4 is 11.9 Å². The molecule has 0 saturated heterocycles. The summed E-state index contributed by atoms with van der Waals surface area (Å²) in [6.45, 7) is 1.49. The number of nitrogens with one attached hydrogen (secondary N) is 1. The fourth-order valence-corrected chi connectivity index (χ4v) is 1.71. The Bertz CT molecular complexity index is 562. The third-order valence-electron chi connectivity index (χ3n) is 2.82. The van der Waals surface area contributed by atoms with Gasteiger partial charge in [-0.3, -0.25) is 4.79 Å². The molecule has 0 aliphatic heterocycles. The first-order valence-electron chi connectivity index (χ1n) is 6.65. The van der Waals surface area contributed by atoms with Crippen LogP contribution in [-0.4, -0.2) is 35.3 Å². The highest BCUT2D eigenvalue weighted by atomic mass is 19.4. The Hall–Kier alpha value is -2.32. The molecule has 2 N–H and O–H groups in total. The average Bonchev–Trinajstić information content (AvgIpc) is 2.44.